The lowest BCUT2D eigenvalue weighted by atomic mass is 10.1. The maximum absolute atomic E-state index is 11.9. The second-order valence-corrected chi connectivity index (χ2v) is 5.10. The van der Waals surface area contributed by atoms with Gasteiger partial charge in [0.05, 0.1) is 11.0 Å². The number of nitrogens with zero attached hydrogens (tertiary/aromatic N) is 2. The van der Waals surface area contributed by atoms with Crippen molar-refractivity contribution in [2.45, 2.75) is 32.9 Å². The van der Waals surface area contributed by atoms with Gasteiger partial charge < -0.3 is 15.6 Å². The van der Waals surface area contributed by atoms with E-state index in [-0.39, 0.29) is 11.9 Å². The summed E-state index contributed by atoms with van der Waals surface area (Å²) in [6.45, 7) is 4.35. The molecule has 0 aliphatic rings. The van der Waals surface area contributed by atoms with Gasteiger partial charge in [0.1, 0.15) is 5.82 Å². The van der Waals surface area contributed by atoms with E-state index in [2.05, 4.69) is 9.97 Å². The maximum Gasteiger partial charge on any atom is 0.224 e. The zero-order valence-electron chi connectivity index (χ0n) is 11.6. The molecule has 19 heavy (non-hydrogen) atoms. The first-order chi connectivity index (χ1) is 8.95. The molecule has 1 aromatic heterocycles. The molecule has 0 saturated heterocycles. The molecule has 0 spiro atoms. The summed E-state index contributed by atoms with van der Waals surface area (Å²) in [5.74, 6) is 0.962. The van der Waals surface area contributed by atoms with Crippen molar-refractivity contribution in [3.05, 3.63) is 29.6 Å². The van der Waals surface area contributed by atoms with E-state index in [9.17, 15) is 4.79 Å². The Morgan fingerprint density at radius 1 is 1.53 bits per heavy atom. The smallest absolute Gasteiger partial charge is 0.224 e. The van der Waals surface area contributed by atoms with Crippen molar-refractivity contribution in [1.29, 1.82) is 0 Å². The molecule has 1 heterocycles. The number of aryl methyl sites for hydroxylation is 1. The van der Waals surface area contributed by atoms with Gasteiger partial charge in [-0.15, -0.1) is 0 Å². The summed E-state index contributed by atoms with van der Waals surface area (Å²) in [7, 11) is 1.80. The number of H-pyrrole nitrogens is 1. The number of imidazole rings is 1. The fourth-order valence-electron chi connectivity index (χ4n) is 2.08. The summed E-state index contributed by atoms with van der Waals surface area (Å²) in [6.07, 6.45) is 0.377. The number of nitrogens with one attached hydrogen (secondary N) is 1. The molecule has 2 aromatic rings. The molecule has 3 N–H and O–H groups in total. The molecule has 1 unspecified atom stereocenters. The van der Waals surface area contributed by atoms with E-state index < -0.39 is 0 Å². The van der Waals surface area contributed by atoms with Crippen molar-refractivity contribution in [3.8, 4) is 0 Å². The summed E-state index contributed by atoms with van der Waals surface area (Å²) < 4.78 is 0. The third-order valence-electron chi connectivity index (χ3n) is 3.01. The molecular weight excluding hydrogens is 240 g/mol. The van der Waals surface area contributed by atoms with Gasteiger partial charge in [-0.25, -0.2) is 4.98 Å². The van der Waals surface area contributed by atoms with E-state index in [0.29, 0.717) is 13.0 Å². The van der Waals surface area contributed by atoms with Gasteiger partial charge in [0.2, 0.25) is 5.91 Å². The van der Waals surface area contributed by atoms with Crippen LogP contribution in [0.15, 0.2) is 18.2 Å². The minimum absolute atomic E-state index is 0.0656. The van der Waals surface area contributed by atoms with Crippen LogP contribution in [0.1, 0.15) is 24.7 Å². The first-order valence-corrected chi connectivity index (χ1v) is 6.40. The van der Waals surface area contributed by atoms with Crippen LogP contribution in [0, 0.1) is 6.92 Å². The zero-order valence-corrected chi connectivity index (χ0v) is 11.6. The largest absolute Gasteiger partial charge is 0.342 e. The Balaban J connectivity index is 2.10. The molecule has 0 aliphatic carbocycles. The summed E-state index contributed by atoms with van der Waals surface area (Å²) in [6, 6.07) is 5.90. The van der Waals surface area contributed by atoms with E-state index >= 15 is 0 Å². The predicted octanol–water partition coefficient (Wildman–Crippen LogP) is 1.57. The summed E-state index contributed by atoms with van der Waals surface area (Å²) >= 11 is 0. The van der Waals surface area contributed by atoms with E-state index in [1.807, 2.05) is 32.0 Å². The molecule has 0 saturated carbocycles. The highest BCUT2D eigenvalue weighted by molar-refractivity contribution is 5.78. The van der Waals surface area contributed by atoms with Crippen molar-refractivity contribution in [2.75, 3.05) is 7.05 Å². The van der Waals surface area contributed by atoms with Crippen LogP contribution in [-0.2, 0) is 11.3 Å². The summed E-state index contributed by atoms with van der Waals surface area (Å²) in [5.41, 5.74) is 8.67. The molecule has 1 amide bonds. The number of nitrogens with two attached hydrogens (primary N) is 1. The van der Waals surface area contributed by atoms with Gasteiger partial charge in [0, 0.05) is 26.1 Å². The van der Waals surface area contributed by atoms with Gasteiger partial charge in [-0.05, 0) is 31.5 Å². The molecule has 1 atom stereocenters. The van der Waals surface area contributed by atoms with Crippen LogP contribution in [0.2, 0.25) is 0 Å². The third-order valence-corrected chi connectivity index (χ3v) is 3.01. The normalized spacial score (nSPS) is 12.6. The van der Waals surface area contributed by atoms with Crippen molar-refractivity contribution < 1.29 is 4.79 Å². The number of aromatic amines is 1. The fraction of sp³-hybridized carbons (Fsp3) is 0.429. The predicted molar refractivity (Wildman–Crippen MR) is 75.6 cm³/mol. The second kappa shape index (κ2) is 5.40. The molecule has 5 nitrogen and oxygen atoms in total. The van der Waals surface area contributed by atoms with Crippen molar-refractivity contribution in [2.24, 2.45) is 5.73 Å². The van der Waals surface area contributed by atoms with Gasteiger partial charge in [0.25, 0.3) is 0 Å². The molecule has 2 rings (SSSR count). The number of amides is 1. The Bertz CT molecular complexity index is 588. The van der Waals surface area contributed by atoms with Crippen LogP contribution < -0.4 is 5.73 Å². The van der Waals surface area contributed by atoms with Crippen LogP contribution in [0.3, 0.4) is 0 Å². The third kappa shape index (κ3) is 3.32. The highest BCUT2D eigenvalue weighted by Crippen LogP contribution is 2.15. The van der Waals surface area contributed by atoms with E-state index in [4.69, 9.17) is 5.73 Å². The van der Waals surface area contributed by atoms with Crippen LogP contribution >= 0.6 is 0 Å². The lowest BCUT2D eigenvalue weighted by molar-refractivity contribution is -0.130. The highest BCUT2D eigenvalue weighted by Gasteiger charge is 2.11. The molecule has 5 heteroatoms. The van der Waals surface area contributed by atoms with Crippen LogP contribution in [0.5, 0.6) is 0 Å². The average molecular weight is 260 g/mol. The topological polar surface area (TPSA) is 75.0 Å². The van der Waals surface area contributed by atoms with Crippen LogP contribution in [-0.4, -0.2) is 33.9 Å². The van der Waals surface area contributed by atoms with Gasteiger partial charge in [0.15, 0.2) is 0 Å². The second-order valence-electron chi connectivity index (χ2n) is 5.10. The number of fused-ring (bicyclic) bond motifs is 1. The number of benzene rings is 1. The van der Waals surface area contributed by atoms with Gasteiger partial charge in [-0.2, -0.15) is 0 Å². The lowest BCUT2D eigenvalue weighted by Gasteiger charge is -2.18. The fourth-order valence-corrected chi connectivity index (χ4v) is 2.08. The number of hydrogen-bond donors (Lipinski definition) is 2. The van der Waals surface area contributed by atoms with Gasteiger partial charge >= 0.3 is 0 Å². The highest BCUT2D eigenvalue weighted by atomic mass is 16.2. The summed E-state index contributed by atoms with van der Waals surface area (Å²) in [4.78, 5) is 21.1. The van der Waals surface area contributed by atoms with E-state index in [1.165, 1.54) is 0 Å². The van der Waals surface area contributed by atoms with E-state index in [1.54, 1.807) is 11.9 Å². The zero-order chi connectivity index (χ0) is 14.0. The number of rotatable bonds is 4. The number of carbonyl (C=O) groups excluding carboxylic acids is 1. The maximum atomic E-state index is 11.9. The monoisotopic (exact) mass is 260 g/mol. The first-order valence-electron chi connectivity index (χ1n) is 6.40. The molecule has 102 valence electrons. The number of carbonyl (C=O) groups is 1. The minimum atomic E-state index is -0.104. The minimum Gasteiger partial charge on any atom is -0.342 e. The molecular formula is C14H20N4O. The quantitative estimate of drug-likeness (QED) is 0.876. The Morgan fingerprint density at radius 2 is 2.26 bits per heavy atom. The SMILES string of the molecule is Cc1nc2ccc(CN(C)C(=O)CC(C)N)cc2[nH]1. The Kier molecular flexibility index (Phi) is 3.85. The molecule has 0 bridgehead atoms. The number of hydrogen-bond acceptors (Lipinski definition) is 3. The molecule has 1 aromatic carbocycles. The standard InChI is InChI=1S/C14H20N4O/c1-9(15)6-14(19)18(3)8-11-4-5-12-13(7-11)17-10(2)16-12/h4-5,7,9H,6,8,15H2,1-3H3,(H,16,17). The van der Waals surface area contributed by atoms with Crippen molar-refractivity contribution in [1.82, 2.24) is 14.9 Å². The average Bonchev–Trinajstić information content (AvgIpc) is 2.67. The van der Waals surface area contributed by atoms with Crippen LogP contribution in [0.25, 0.3) is 11.0 Å². The first kappa shape index (κ1) is 13.5. The molecule has 0 fully saturated rings. The molecule has 0 radical (unpaired) electrons. The van der Waals surface area contributed by atoms with Gasteiger partial charge in [-0.3, -0.25) is 4.79 Å². The van der Waals surface area contributed by atoms with Crippen molar-refractivity contribution >= 4 is 16.9 Å². The van der Waals surface area contributed by atoms with Crippen molar-refractivity contribution in [3.63, 3.8) is 0 Å². The molecule has 0 aliphatic heterocycles. The van der Waals surface area contributed by atoms with E-state index in [0.717, 1.165) is 22.4 Å². The Hall–Kier alpha value is -1.88. The lowest BCUT2D eigenvalue weighted by Crippen LogP contribution is -2.31. The Morgan fingerprint density at radius 3 is 2.95 bits per heavy atom. The van der Waals surface area contributed by atoms with Crippen LogP contribution in [0.4, 0.5) is 0 Å². The summed E-state index contributed by atoms with van der Waals surface area (Å²) in [5, 5.41) is 0. The number of aromatic nitrogens is 2. The van der Waals surface area contributed by atoms with Gasteiger partial charge in [-0.1, -0.05) is 6.07 Å². The Labute approximate surface area is 112 Å².